The monoisotopic (exact) mass is 319 g/mol. The van der Waals surface area contributed by atoms with Crippen molar-refractivity contribution < 1.29 is 5.11 Å². The fourth-order valence-corrected chi connectivity index (χ4v) is 3.75. The van der Waals surface area contributed by atoms with Crippen molar-refractivity contribution in [2.75, 3.05) is 51.3 Å². The van der Waals surface area contributed by atoms with Gasteiger partial charge in [0.25, 0.3) is 0 Å². The van der Waals surface area contributed by atoms with E-state index in [1.807, 2.05) is 12.4 Å². The fourth-order valence-electron chi connectivity index (χ4n) is 3.75. The van der Waals surface area contributed by atoms with Crippen LogP contribution in [0.4, 0.5) is 5.95 Å². The van der Waals surface area contributed by atoms with E-state index in [9.17, 15) is 5.11 Å². The van der Waals surface area contributed by atoms with E-state index >= 15 is 0 Å². The summed E-state index contributed by atoms with van der Waals surface area (Å²) in [6, 6.07) is 0. The summed E-state index contributed by atoms with van der Waals surface area (Å²) >= 11 is 0. The number of aromatic nitrogens is 2. The predicted molar refractivity (Wildman–Crippen MR) is 91.5 cm³/mol. The first-order chi connectivity index (χ1) is 11.2. The summed E-state index contributed by atoms with van der Waals surface area (Å²) in [6.45, 7) is 8.40. The van der Waals surface area contributed by atoms with Crippen LogP contribution in [0.5, 0.6) is 0 Å². The first-order valence-corrected chi connectivity index (χ1v) is 8.77. The van der Waals surface area contributed by atoms with Gasteiger partial charge in [0.05, 0.1) is 6.61 Å². The summed E-state index contributed by atoms with van der Waals surface area (Å²) in [5.41, 5.74) is 1.09. The third-order valence-corrected chi connectivity index (χ3v) is 5.54. The number of hydrogen-bond donors (Lipinski definition) is 1. The number of nitrogens with zero attached hydrogens (tertiary/aromatic N) is 5. The van der Waals surface area contributed by atoms with Gasteiger partial charge in [0.1, 0.15) is 0 Å². The summed E-state index contributed by atoms with van der Waals surface area (Å²) in [5, 5.41) is 9.82. The Labute approximate surface area is 139 Å². The Morgan fingerprint density at radius 1 is 1.13 bits per heavy atom. The molecule has 2 fully saturated rings. The van der Waals surface area contributed by atoms with Crippen LogP contribution in [-0.2, 0) is 6.54 Å². The summed E-state index contributed by atoms with van der Waals surface area (Å²) < 4.78 is 0. The van der Waals surface area contributed by atoms with Gasteiger partial charge in [-0.25, -0.2) is 9.97 Å². The van der Waals surface area contributed by atoms with E-state index in [0.717, 1.165) is 70.0 Å². The Morgan fingerprint density at radius 3 is 2.43 bits per heavy atom. The standard InChI is InChI=1S/C17H29N5O/c1-3-17(14-23)5-4-6-22(17)13-15-11-18-16(19-12-15)21-9-7-20(2)8-10-21/h11-12,23H,3-10,13-14H2,1-2H3/t17-/m1/s1. The van der Waals surface area contributed by atoms with Crippen LogP contribution in [0.2, 0.25) is 0 Å². The molecule has 0 spiro atoms. The molecule has 1 aromatic heterocycles. The third-order valence-electron chi connectivity index (χ3n) is 5.54. The minimum absolute atomic E-state index is 0.0455. The van der Waals surface area contributed by atoms with E-state index < -0.39 is 0 Å². The molecule has 0 unspecified atom stereocenters. The van der Waals surface area contributed by atoms with Gasteiger partial charge in [0.2, 0.25) is 5.95 Å². The molecule has 1 atom stereocenters. The highest BCUT2D eigenvalue weighted by atomic mass is 16.3. The third kappa shape index (κ3) is 3.49. The lowest BCUT2D eigenvalue weighted by Crippen LogP contribution is -2.46. The van der Waals surface area contributed by atoms with Crippen LogP contribution in [0.1, 0.15) is 31.7 Å². The van der Waals surface area contributed by atoms with Crippen molar-refractivity contribution in [3.8, 4) is 0 Å². The lowest BCUT2D eigenvalue weighted by atomic mass is 9.94. The van der Waals surface area contributed by atoms with Crippen molar-refractivity contribution in [1.29, 1.82) is 0 Å². The molecule has 2 saturated heterocycles. The van der Waals surface area contributed by atoms with E-state index in [1.165, 1.54) is 0 Å². The highest BCUT2D eigenvalue weighted by Gasteiger charge is 2.38. The zero-order valence-corrected chi connectivity index (χ0v) is 14.4. The largest absolute Gasteiger partial charge is 0.394 e. The van der Waals surface area contributed by atoms with E-state index in [0.29, 0.717) is 0 Å². The van der Waals surface area contributed by atoms with Gasteiger partial charge < -0.3 is 14.9 Å². The second-order valence-electron chi connectivity index (χ2n) is 6.94. The molecule has 0 aromatic carbocycles. The number of rotatable bonds is 5. The maximum Gasteiger partial charge on any atom is 0.225 e. The smallest absolute Gasteiger partial charge is 0.225 e. The molecule has 23 heavy (non-hydrogen) atoms. The number of likely N-dealkylation sites (N-methyl/N-ethyl adjacent to an activating group) is 1. The molecule has 3 heterocycles. The Kier molecular flexibility index (Phi) is 5.14. The normalized spacial score (nSPS) is 26.8. The summed E-state index contributed by atoms with van der Waals surface area (Å²) in [4.78, 5) is 16.1. The number of piperazine rings is 1. The summed E-state index contributed by atoms with van der Waals surface area (Å²) in [7, 11) is 2.15. The van der Waals surface area contributed by atoms with Crippen LogP contribution in [0.25, 0.3) is 0 Å². The molecule has 0 saturated carbocycles. The van der Waals surface area contributed by atoms with Gasteiger partial charge in [-0.15, -0.1) is 0 Å². The molecule has 2 aliphatic heterocycles. The van der Waals surface area contributed by atoms with Crippen LogP contribution in [0.3, 0.4) is 0 Å². The van der Waals surface area contributed by atoms with E-state index in [-0.39, 0.29) is 12.1 Å². The number of anilines is 1. The zero-order chi connectivity index (χ0) is 16.3. The van der Waals surface area contributed by atoms with Gasteiger partial charge >= 0.3 is 0 Å². The maximum absolute atomic E-state index is 9.82. The van der Waals surface area contributed by atoms with Crippen molar-refractivity contribution in [2.45, 2.75) is 38.3 Å². The molecular formula is C17H29N5O. The number of aliphatic hydroxyl groups excluding tert-OH is 1. The summed E-state index contributed by atoms with van der Waals surface area (Å²) in [5.74, 6) is 0.840. The van der Waals surface area contributed by atoms with Crippen molar-refractivity contribution in [3.63, 3.8) is 0 Å². The molecule has 0 amide bonds. The Morgan fingerprint density at radius 2 is 1.83 bits per heavy atom. The Bertz CT molecular complexity index is 494. The van der Waals surface area contributed by atoms with E-state index in [2.05, 4.69) is 38.6 Å². The highest BCUT2D eigenvalue weighted by molar-refractivity contribution is 5.30. The Hall–Kier alpha value is -1.24. The molecule has 2 aliphatic rings. The summed E-state index contributed by atoms with van der Waals surface area (Å²) in [6.07, 6.45) is 7.14. The van der Waals surface area contributed by atoms with Crippen LogP contribution in [0, 0.1) is 0 Å². The second-order valence-corrected chi connectivity index (χ2v) is 6.94. The van der Waals surface area contributed by atoms with Gasteiger partial charge in [-0.1, -0.05) is 6.92 Å². The molecule has 0 bridgehead atoms. The molecule has 1 N–H and O–H groups in total. The first-order valence-electron chi connectivity index (χ1n) is 8.77. The van der Waals surface area contributed by atoms with E-state index in [1.54, 1.807) is 0 Å². The quantitative estimate of drug-likeness (QED) is 0.873. The van der Waals surface area contributed by atoms with Gasteiger partial charge in [0.15, 0.2) is 0 Å². The number of hydrogen-bond acceptors (Lipinski definition) is 6. The van der Waals surface area contributed by atoms with Gasteiger partial charge in [-0.05, 0) is 32.9 Å². The minimum atomic E-state index is -0.0455. The molecular weight excluding hydrogens is 290 g/mol. The van der Waals surface area contributed by atoms with Crippen LogP contribution >= 0.6 is 0 Å². The lowest BCUT2D eigenvalue weighted by molar-refractivity contribution is 0.0547. The molecule has 1 aromatic rings. The Balaban J connectivity index is 1.63. The fraction of sp³-hybridized carbons (Fsp3) is 0.765. The van der Waals surface area contributed by atoms with Crippen LogP contribution in [0.15, 0.2) is 12.4 Å². The first kappa shape index (κ1) is 16.6. The minimum Gasteiger partial charge on any atom is -0.394 e. The molecule has 6 heteroatoms. The topological polar surface area (TPSA) is 55.7 Å². The second kappa shape index (κ2) is 7.11. The van der Waals surface area contributed by atoms with Gasteiger partial charge in [0, 0.05) is 56.2 Å². The lowest BCUT2D eigenvalue weighted by Gasteiger charge is -2.36. The highest BCUT2D eigenvalue weighted by Crippen LogP contribution is 2.33. The van der Waals surface area contributed by atoms with Gasteiger partial charge in [-0.3, -0.25) is 4.90 Å². The average molecular weight is 319 g/mol. The van der Waals surface area contributed by atoms with Crippen molar-refractivity contribution in [3.05, 3.63) is 18.0 Å². The predicted octanol–water partition coefficient (Wildman–Crippen LogP) is 0.965. The van der Waals surface area contributed by atoms with Crippen molar-refractivity contribution in [2.24, 2.45) is 0 Å². The molecule has 6 nitrogen and oxygen atoms in total. The maximum atomic E-state index is 9.82. The molecule has 0 radical (unpaired) electrons. The van der Waals surface area contributed by atoms with Crippen LogP contribution < -0.4 is 4.90 Å². The molecule has 128 valence electrons. The molecule has 3 rings (SSSR count). The molecule has 0 aliphatic carbocycles. The average Bonchev–Trinajstić information content (AvgIpc) is 2.99. The van der Waals surface area contributed by atoms with Gasteiger partial charge in [-0.2, -0.15) is 0 Å². The SMILES string of the molecule is CC[C@]1(CO)CCCN1Cc1cnc(N2CCN(C)CC2)nc1. The number of aliphatic hydroxyl groups is 1. The zero-order valence-electron chi connectivity index (χ0n) is 14.4. The van der Waals surface area contributed by atoms with E-state index in [4.69, 9.17) is 0 Å². The van der Waals surface area contributed by atoms with Crippen molar-refractivity contribution >= 4 is 5.95 Å². The number of likely N-dealkylation sites (tertiary alicyclic amines) is 1. The van der Waals surface area contributed by atoms with Crippen molar-refractivity contribution in [1.82, 2.24) is 19.8 Å². The van der Waals surface area contributed by atoms with Crippen LogP contribution in [-0.4, -0.2) is 76.8 Å².